The van der Waals surface area contributed by atoms with Gasteiger partial charge in [0.05, 0.1) is 12.2 Å². The normalized spacial score (nSPS) is 24.8. The summed E-state index contributed by atoms with van der Waals surface area (Å²) in [6.45, 7) is 0. The number of hydrogen-bond donors (Lipinski definition) is 1. The first-order valence-electron chi connectivity index (χ1n) is 7.07. The van der Waals surface area contributed by atoms with Crippen LogP contribution in [0.3, 0.4) is 0 Å². The summed E-state index contributed by atoms with van der Waals surface area (Å²) in [7, 11) is 0. The topological polar surface area (TPSA) is 50.4 Å². The van der Waals surface area contributed by atoms with Crippen LogP contribution in [0.2, 0.25) is 0 Å². The van der Waals surface area contributed by atoms with E-state index in [9.17, 15) is 4.79 Å². The van der Waals surface area contributed by atoms with Crippen molar-refractivity contribution in [3.63, 3.8) is 0 Å². The summed E-state index contributed by atoms with van der Waals surface area (Å²) in [6.07, 6.45) is 10.7. The predicted molar refractivity (Wildman–Crippen MR) is 67.7 cm³/mol. The minimum absolute atomic E-state index is 0.247. The highest BCUT2D eigenvalue weighted by Gasteiger charge is 2.30. The number of aliphatic carboxylic acids is 1. The fraction of sp³-hybridized carbons (Fsp3) is 0.667. The van der Waals surface area contributed by atoms with Gasteiger partial charge in [0.2, 0.25) is 0 Å². The number of fused-ring (bicyclic) bond motifs is 1. The number of carboxylic acid groups (broad SMARTS) is 1. The van der Waals surface area contributed by atoms with Crippen molar-refractivity contribution in [2.45, 2.75) is 57.3 Å². The maximum atomic E-state index is 11.0. The molecule has 0 bridgehead atoms. The molecule has 3 heteroatoms. The molecule has 3 nitrogen and oxygen atoms in total. The zero-order valence-electron chi connectivity index (χ0n) is 10.7. The first-order valence-corrected chi connectivity index (χ1v) is 7.07. The van der Waals surface area contributed by atoms with Gasteiger partial charge in [0.25, 0.3) is 0 Å². The fourth-order valence-electron chi connectivity index (χ4n) is 3.50. The molecule has 98 valence electrons. The van der Waals surface area contributed by atoms with Gasteiger partial charge < -0.3 is 9.52 Å². The molecule has 1 fully saturated rings. The molecule has 3 rings (SSSR count). The average molecular weight is 248 g/mol. The molecule has 1 aromatic heterocycles. The van der Waals surface area contributed by atoms with E-state index in [0.717, 1.165) is 18.6 Å². The predicted octanol–water partition coefficient (Wildman–Crippen LogP) is 3.52. The minimum Gasteiger partial charge on any atom is -0.481 e. The highest BCUT2D eigenvalue weighted by Crippen LogP contribution is 2.39. The first kappa shape index (κ1) is 11.8. The van der Waals surface area contributed by atoms with E-state index >= 15 is 0 Å². The molecular formula is C15H20O3. The quantitative estimate of drug-likeness (QED) is 0.871. The maximum absolute atomic E-state index is 11.0. The molecule has 1 aromatic rings. The molecule has 18 heavy (non-hydrogen) atoms. The molecule has 0 spiro atoms. The van der Waals surface area contributed by atoms with Gasteiger partial charge in [-0.1, -0.05) is 19.3 Å². The number of carboxylic acids is 1. The zero-order valence-corrected chi connectivity index (χ0v) is 10.7. The second kappa shape index (κ2) is 4.79. The van der Waals surface area contributed by atoms with E-state index in [-0.39, 0.29) is 5.92 Å². The zero-order chi connectivity index (χ0) is 12.5. The van der Waals surface area contributed by atoms with Crippen LogP contribution in [0, 0.1) is 5.92 Å². The Balaban J connectivity index is 1.81. The lowest BCUT2D eigenvalue weighted by Gasteiger charge is -2.24. The molecule has 0 radical (unpaired) electrons. The molecule has 1 heterocycles. The molecule has 0 saturated heterocycles. The molecule has 0 aliphatic heterocycles. The van der Waals surface area contributed by atoms with Crippen LogP contribution in [0.4, 0.5) is 0 Å². The Bertz CT molecular complexity index is 441. The molecule has 1 N–H and O–H groups in total. The minimum atomic E-state index is -0.684. The Morgan fingerprint density at radius 2 is 2.00 bits per heavy atom. The van der Waals surface area contributed by atoms with Gasteiger partial charge in [-0.2, -0.15) is 0 Å². The van der Waals surface area contributed by atoms with Crippen LogP contribution in [0.5, 0.6) is 0 Å². The summed E-state index contributed by atoms with van der Waals surface area (Å²) in [4.78, 5) is 11.0. The molecule has 2 aliphatic carbocycles. The molecule has 2 aliphatic rings. The van der Waals surface area contributed by atoms with E-state index in [1.165, 1.54) is 43.2 Å². The van der Waals surface area contributed by atoms with Crippen molar-refractivity contribution in [2.75, 3.05) is 0 Å². The van der Waals surface area contributed by atoms with Crippen LogP contribution in [0.15, 0.2) is 10.7 Å². The van der Waals surface area contributed by atoms with Crippen LogP contribution in [0.1, 0.15) is 61.3 Å². The number of furan rings is 1. The summed E-state index contributed by atoms with van der Waals surface area (Å²) in [6, 6.07) is 0. The Morgan fingerprint density at radius 3 is 2.72 bits per heavy atom. The van der Waals surface area contributed by atoms with Crippen LogP contribution in [-0.4, -0.2) is 11.1 Å². The van der Waals surface area contributed by atoms with Gasteiger partial charge in [-0.25, -0.2) is 0 Å². The number of carbonyl (C=O) groups is 1. The van der Waals surface area contributed by atoms with E-state index < -0.39 is 5.97 Å². The Kier molecular flexibility index (Phi) is 3.14. The molecule has 0 amide bonds. The van der Waals surface area contributed by atoms with Crippen LogP contribution >= 0.6 is 0 Å². The first-order chi connectivity index (χ1) is 8.75. The maximum Gasteiger partial charge on any atom is 0.306 e. The van der Waals surface area contributed by atoms with Crippen molar-refractivity contribution in [3.05, 3.63) is 23.2 Å². The second-order valence-electron chi connectivity index (χ2n) is 5.71. The summed E-state index contributed by atoms with van der Waals surface area (Å²) >= 11 is 0. The third kappa shape index (κ3) is 2.06. The average Bonchev–Trinajstić information content (AvgIpc) is 2.82. The lowest BCUT2D eigenvalue weighted by atomic mass is 9.79. The Morgan fingerprint density at radius 1 is 1.22 bits per heavy atom. The van der Waals surface area contributed by atoms with Crippen molar-refractivity contribution in [2.24, 2.45) is 5.92 Å². The van der Waals surface area contributed by atoms with Gasteiger partial charge in [-0.15, -0.1) is 0 Å². The number of hydrogen-bond acceptors (Lipinski definition) is 2. The summed E-state index contributed by atoms with van der Waals surface area (Å²) < 4.78 is 5.66. The highest BCUT2D eigenvalue weighted by atomic mass is 16.4. The smallest absolute Gasteiger partial charge is 0.306 e. The van der Waals surface area contributed by atoms with E-state index in [0.29, 0.717) is 12.3 Å². The van der Waals surface area contributed by atoms with Crippen molar-refractivity contribution in [3.8, 4) is 0 Å². The standard InChI is InChI=1S/C15H20O3/c16-15(17)11-6-7-12-13(9-18-14(12)8-11)10-4-2-1-3-5-10/h9-11H,1-8H2,(H,16,17). The van der Waals surface area contributed by atoms with Crippen molar-refractivity contribution < 1.29 is 14.3 Å². The molecule has 0 aromatic carbocycles. The van der Waals surface area contributed by atoms with E-state index in [1.807, 2.05) is 6.26 Å². The summed E-state index contributed by atoms with van der Waals surface area (Å²) in [5.41, 5.74) is 2.72. The van der Waals surface area contributed by atoms with Crippen LogP contribution < -0.4 is 0 Å². The highest BCUT2D eigenvalue weighted by molar-refractivity contribution is 5.70. The van der Waals surface area contributed by atoms with Crippen molar-refractivity contribution in [1.82, 2.24) is 0 Å². The summed E-state index contributed by atoms with van der Waals surface area (Å²) in [5, 5.41) is 9.08. The van der Waals surface area contributed by atoms with Crippen molar-refractivity contribution >= 4 is 5.97 Å². The van der Waals surface area contributed by atoms with E-state index in [2.05, 4.69) is 0 Å². The van der Waals surface area contributed by atoms with Gasteiger partial charge in [0.1, 0.15) is 5.76 Å². The molecular weight excluding hydrogens is 228 g/mol. The van der Waals surface area contributed by atoms with Crippen molar-refractivity contribution in [1.29, 1.82) is 0 Å². The second-order valence-corrected chi connectivity index (χ2v) is 5.71. The van der Waals surface area contributed by atoms with Gasteiger partial charge in [-0.3, -0.25) is 4.79 Å². The van der Waals surface area contributed by atoms with Crippen LogP contribution in [0.25, 0.3) is 0 Å². The monoisotopic (exact) mass is 248 g/mol. The van der Waals surface area contributed by atoms with Gasteiger partial charge in [-0.05, 0) is 42.7 Å². The summed E-state index contributed by atoms with van der Waals surface area (Å²) in [5.74, 6) is 0.668. The third-order valence-electron chi connectivity index (χ3n) is 4.58. The van der Waals surface area contributed by atoms with E-state index in [1.54, 1.807) is 0 Å². The lowest BCUT2D eigenvalue weighted by molar-refractivity contribution is -0.142. The van der Waals surface area contributed by atoms with Gasteiger partial charge in [0.15, 0.2) is 0 Å². The largest absolute Gasteiger partial charge is 0.481 e. The fourth-order valence-corrected chi connectivity index (χ4v) is 3.50. The lowest BCUT2D eigenvalue weighted by Crippen LogP contribution is -2.22. The third-order valence-corrected chi connectivity index (χ3v) is 4.58. The van der Waals surface area contributed by atoms with Gasteiger partial charge in [0, 0.05) is 6.42 Å². The Labute approximate surface area is 107 Å². The molecule has 1 atom stereocenters. The van der Waals surface area contributed by atoms with Gasteiger partial charge >= 0.3 is 5.97 Å². The Hall–Kier alpha value is -1.25. The SMILES string of the molecule is O=C(O)C1CCc2c(C3CCCCC3)coc2C1. The molecule has 1 saturated carbocycles. The van der Waals surface area contributed by atoms with Crippen LogP contribution in [-0.2, 0) is 17.6 Å². The molecule has 1 unspecified atom stereocenters. The van der Waals surface area contributed by atoms with E-state index in [4.69, 9.17) is 9.52 Å². The number of rotatable bonds is 2.